The molecule has 2 atom stereocenters. The smallest absolute Gasteiger partial charge is 0.213 e. The molecule has 2 unspecified atom stereocenters. The van der Waals surface area contributed by atoms with Crippen molar-refractivity contribution in [2.24, 2.45) is 10.7 Å². The number of hydrogen-bond donors (Lipinski definition) is 2. The number of aliphatic imine (C=N–C) groups is 1. The fourth-order valence-corrected chi connectivity index (χ4v) is 3.39. The number of pyridine rings is 1. The summed E-state index contributed by atoms with van der Waals surface area (Å²) in [5, 5.41) is 3.26. The molecule has 1 aromatic rings. The number of nitrogens with zero attached hydrogens (tertiary/aromatic N) is 3. The van der Waals surface area contributed by atoms with E-state index in [0.717, 1.165) is 31.7 Å². The largest absolute Gasteiger partial charge is 0.472 e. The number of aromatic nitrogens is 1. The highest BCUT2D eigenvalue weighted by Gasteiger charge is 2.22. The van der Waals surface area contributed by atoms with Crippen LogP contribution in [0.15, 0.2) is 23.3 Å². The van der Waals surface area contributed by atoms with Gasteiger partial charge in [0, 0.05) is 31.3 Å². The van der Waals surface area contributed by atoms with Crippen LogP contribution in [-0.4, -0.2) is 60.8 Å². The van der Waals surface area contributed by atoms with Gasteiger partial charge in [-0.2, -0.15) is 0 Å². The first-order valence-corrected chi connectivity index (χ1v) is 9.21. The predicted molar refractivity (Wildman–Crippen MR) is 97.7 cm³/mol. The van der Waals surface area contributed by atoms with E-state index in [-0.39, 0.29) is 6.10 Å². The van der Waals surface area contributed by atoms with Crippen molar-refractivity contribution >= 4 is 5.96 Å². The summed E-state index contributed by atoms with van der Waals surface area (Å²) in [5.74, 6) is 1.12. The fourth-order valence-electron chi connectivity index (χ4n) is 3.39. The van der Waals surface area contributed by atoms with Crippen molar-refractivity contribution in [2.45, 2.75) is 44.9 Å². The molecule has 0 amide bonds. The van der Waals surface area contributed by atoms with Crippen LogP contribution >= 0.6 is 0 Å². The summed E-state index contributed by atoms with van der Waals surface area (Å²) in [6.45, 7) is 7.25. The van der Waals surface area contributed by atoms with Gasteiger partial charge in [-0.25, -0.2) is 9.98 Å². The zero-order chi connectivity index (χ0) is 17.5. The number of rotatable bonds is 7. The van der Waals surface area contributed by atoms with Crippen LogP contribution in [0.5, 0.6) is 5.88 Å². The average molecular weight is 347 g/mol. The Morgan fingerprint density at radius 3 is 3.24 bits per heavy atom. The molecule has 2 aliphatic heterocycles. The maximum Gasteiger partial charge on any atom is 0.213 e. The number of nitrogens with one attached hydrogen (secondary N) is 1. The first-order valence-electron chi connectivity index (χ1n) is 9.21. The number of nitrogens with two attached hydrogens (primary N) is 1. The van der Waals surface area contributed by atoms with E-state index < -0.39 is 0 Å². The van der Waals surface area contributed by atoms with E-state index in [9.17, 15) is 0 Å². The molecule has 25 heavy (non-hydrogen) atoms. The first-order chi connectivity index (χ1) is 12.2. The number of guanidine groups is 1. The Hall–Kier alpha value is -1.86. The van der Waals surface area contributed by atoms with Crippen molar-refractivity contribution in [3.05, 3.63) is 23.9 Å². The Bertz CT molecular complexity index is 574. The van der Waals surface area contributed by atoms with E-state index >= 15 is 0 Å². The molecule has 2 aliphatic rings. The molecule has 3 heterocycles. The van der Waals surface area contributed by atoms with Crippen LogP contribution in [0.1, 0.15) is 31.7 Å². The van der Waals surface area contributed by atoms with Crippen LogP contribution in [0.2, 0.25) is 0 Å². The van der Waals surface area contributed by atoms with Crippen molar-refractivity contribution in [1.29, 1.82) is 0 Å². The average Bonchev–Trinajstić information content (AvgIpc) is 3.29. The molecule has 0 saturated carbocycles. The molecule has 0 spiro atoms. The van der Waals surface area contributed by atoms with Gasteiger partial charge in [-0.05, 0) is 37.6 Å². The molecule has 3 rings (SSSR count). The number of likely N-dealkylation sites (tertiary alicyclic amines) is 1. The summed E-state index contributed by atoms with van der Waals surface area (Å²) in [4.78, 5) is 11.2. The minimum absolute atomic E-state index is 0.103. The second-order valence-corrected chi connectivity index (χ2v) is 6.61. The van der Waals surface area contributed by atoms with Crippen LogP contribution < -0.4 is 15.8 Å². The second-order valence-electron chi connectivity index (χ2n) is 6.61. The third-order valence-corrected chi connectivity index (χ3v) is 4.83. The third kappa shape index (κ3) is 5.31. The number of ether oxygens (including phenoxy) is 2. The highest BCUT2D eigenvalue weighted by Crippen LogP contribution is 2.17. The second kappa shape index (κ2) is 9.01. The van der Waals surface area contributed by atoms with Crippen LogP contribution in [0, 0.1) is 0 Å². The van der Waals surface area contributed by atoms with E-state index in [0.29, 0.717) is 31.0 Å². The van der Waals surface area contributed by atoms with E-state index in [4.69, 9.17) is 15.2 Å². The number of likely N-dealkylation sites (N-methyl/N-ethyl adjacent to an activating group) is 1. The molecule has 7 nitrogen and oxygen atoms in total. The molecule has 1 aromatic heterocycles. The van der Waals surface area contributed by atoms with Gasteiger partial charge in [-0.15, -0.1) is 0 Å². The molecule has 2 fully saturated rings. The Kier molecular flexibility index (Phi) is 6.47. The van der Waals surface area contributed by atoms with Crippen molar-refractivity contribution in [3.63, 3.8) is 0 Å². The lowest BCUT2D eigenvalue weighted by Crippen LogP contribution is -2.42. The van der Waals surface area contributed by atoms with E-state index in [1.165, 1.54) is 19.4 Å². The topological polar surface area (TPSA) is 85.0 Å². The van der Waals surface area contributed by atoms with Gasteiger partial charge in [0.2, 0.25) is 5.88 Å². The summed E-state index contributed by atoms with van der Waals surface area (Å²) in [7, 11) is 0. The Morgan fingerprint density at radius 1 is 1.52 bits per heavy atom. The highest BCUT2D eigenvalue weighted by molar-refractivity contribution is 5.77. The van der Waals surface area contributed by atoms with Gasteiger partial charge in [0.1, 0.15) is 6.10 Å². The maximum absolute atomic E-state index is 6.01. The lowest BCUT2D eigenvalue weighted by atomic mass is 10.2. The van der Waals surface area contributed by atoms with Crippen molar-refractivity contribution in [1.82, 2.24) is 15.2 Å². The van der Waals surface area contributed by atoms with E-state index in [1.54, 1.807) is 6.20 Å². The van der Waals surface area contributed by atoms with E-state index in [2.05, 4.69) is 27.1 Å². The SMILES string of the molecule is CCN1CCCC1CNC(N)=NCc1ccnc(OC2CCOC2)c1. The quantitative estimate of drug-likeness (QED) is 0.568. The number of hydrogen-bond acceptors (Lipinski definition) is 5. The molecule has 0 radical (unpaired) electrons. The minimum atomic E-state index is 0.103. The van der Waals surface area contributed by atoms with E-state index in [1.807, 2.05) is 12.1 Å². The molecule has 2 saturated heterocycles. The van der Waals surface area contributed by atoms with Gasteiger partial charge in [-0.1, -0.05) is 6.92 Å². The standard InChI is InChI=1S/C18H29N5O2/c1-2-23-8-3-4-15(23)12-22-18(19)21-11-14-5-7-20-17(10-14)25-16-6-9-24-13-16/h5,7,10,15-16H,2-4,6,8-9,11-13H2,1H3,(H3,19,21,22). The molecule has 0 bridgehead atoms. The Balaban J connectivity index is 1.47. The van der Waals surface area contributed by atoms with Crippen LogP contribution in [0.4, 0.5) is 0 Å². The van der Waals surface area contributed by atoms with Gasteiger partial charge >= 0.3 is 0 Å². The molecule has 138 valence electrons. The molecular formula is C18H29N5O2. The van der Waals surface area contributed by atoms with Crippen molar-refractivity contribution in [2.75, 3.05) is 32.8 Å². The summed E-state index contributed by atoms with van der Waals surface area (Å²) in [5.41, 5.74) is 7.05. The molecule has 3 N–H and O–H groups in total. The molecule has 0 aliphatic carbocycles. The summed E-state index contributed by atoms with van der Waals surface area (Å²) in [6, 6.07) is 4.42. The van der Waals surface area contributed by atoms with Crippen LogP contribution in [-0.2, 0) is 11.3 Å². The Labute approximate surface area is 149 Å². The highest BCUT2D eigenvalue weighted by atomic mass is 16.5. The van der Waals surface area contributed by atoms with Crippen LogP contribution in [0.25, 0.3) is 0 Å². The summed E-state index contributed by atoms with van der Waals surface area (Å²) in [6.07, 6.45) is 5.26. The lowest BCUT2D eigenvalue weighted by Gasteiger charge is -2.23. The van der Waals surface area contributed by atoms with Gasteiger partial charge < -0.3 is 20.5 Å². The maximum atomic E-state index is 6.01. The fraction of sp³-hybridized carbons (Fsp3) is 0.667. The molecular weight excluding hydrogens is 318 g/mol. The molecule has 0 aromatic carbocycles. The minimum Gasteiger partial charge on any atom is -0.472 e. The first kappa shape index (κ1) is 17.9. The monoisotopic (exact) mass is 347 g/mol. The van der Waals surface area contributed by atoms with Crippen molar-refractivity contribution in [3.8, 4) is 5.88 Å². The predicted octanol–water partition coefficient (Wildman–Crippen LogP) is 1.14. The van der Waals surface area contributed by atoms with Gasteiger partial charge in [0.15, 0.2) is 5.96 Å². The zero-order valence-corrected chi connectivity index (χ0v) is 15.0. The zero-order valence-electron chi connectivity index (χ0n) is 15.0. The van der Waals surface area contributed by atoms with Gasteiger partial charge in [0.25, 0.3) is 0 Å². The van der Waals surface area contributed by atoms with Gasteiger partial charge in [-0.3, -0.25) is 4.90 Å². The lowest BCUT2D eigenvalue weighted by molar-refractivity contribution is 0.138. The molecule has 7 heteroatoms. The third-order valence-electron chi connectivity index (χ3n) is 4.83. The summed E-state index contributed by atoms with van der Waals surface area (Å²) >= 11 is 0. The van der Waals surface area contributed by atoms with Gasteiger partial charge in [0.05, 0.1) is 19.8 Å². The Morgan fingerprint density at radius 2 is 2.44 bits per heavy atom. The van der Waals surface area contributed by atoms with Crippen molar-refractivity contribution < 1.29 is 9.47 Å². The van der Waals surface area contributed by atoms with Crippen LogP contribution in [0.3, 0.4) is 0 Å². The summed E-state index contributed by atoms with van der Waals surface area (Å²) < 4.78 is 11.1. The normalized spacial score (nSPS) is 24.6.